The van der Waals surface area contributed by atoms with Crippen LogP contribution in [0, 0.1) is 11.3 Å². The molecule has 0 aliphatic heterocycles. The number of hydrogen-bond acceptors (Lipinski definition) is 4. The molecular formula is C24H17Cl2NO4. The van der Waals surface area contributed by atoms with Crippen molar-refractivity contribution in [1.29, 1.82) is 5.26 Å². The lowest BCUT2D eigenvalue weighted by Gasteiger charge is -2.12. The second-order valence-electron chi connectivity index (χ2n) is 6.50. The Balaban J connectivity index is 1.81. The van der Waals surface area contributed by atoms with Crippen molar-refractivity contribution >= 4 is 40.8 Å². The quantitative estimate of drug-likeness (QED) is 0.333. The van der Waals surface area contributed by atoms with Crippen LogP contribution in [0.5, 0.6) is 11.5 Å². The number of nitrogens with zero attached hydrogens (tertiary/aromatic N) is 1. The number of nitriles is 1. The van der Waals surface area contributed by atoms with Gasteiger partial charge in [-0.2, -0.15) is 5.26 Å². The van der Waals surface area contributed by atoms with Gasteiger partial charge in [0.05, 0.1) is 29.3 Å². The zero-order valence-electron chi connectivity index (χ0n) is 16.4. The first-order chi connectivity index (χ1) is 14.9. The van der Waals surface area contributed by atoms with Crippen LogP contribution in [0.2, 0.25) is 10.0 Å². The van der Waals surface area contributed by atoms with Gasteiger partial charge in [-0.1, -0.05) is 47.5 Å². The summed E-state index contributed by atoms with van der Waals surface area (Å²) >= 11 is 12.2. The number of rotatable bonds is 7. The normalized spacial score (nSPS) is 11.0. The minimum absolute atomic E-state index is 0.214. The van der Waals surface area contributed by atoms with E-state index in [-0.39, 0.29) is 12.2 Å². The number of hydrogen-bond donors (Lipinski definition) is 1. The second kappa shape index (κ2) is 10.0. The highest BCUT2D eigenvalue weighted by Gasteiger charge is 2.10. The lowest BCUT2D eigenvalue weighted by molar-refractivity contribution is 0.0697. The fraction of sp³-hybridized carbons (Fsp3) is 0.0833. The molecule has 0 saturated heterocycles. The molecule has 0 fully saturated rings. The SMILES string of the molecule is COc1cc(/C=C(\C#N)c2ccc(Cl)cc2Cl)ccc1OCc1ccc(C(=O)O)cc1. The Morgan fingerprint density at radius 2 is 1.81 bits per heavy atom. The Kier molecular flexibility index (Phi) is 7.19. The third-order valence-corrected chi connectivity index (χ3v) is 4.98. The molecule has 3 aromatic carbocycles. The van der Waals surface area contributed by atoms with Crippen LogP contribution in [0.15, 0.2) is 60.7 Å². The zero-order chi connectivity index (χ0) is 22.4. The van der Waals surface area contributed by atoms with Crippen LogP contribution in [0.25, 0.3) is 11.6 Å². The van der Waals surface area contributed by atoms with E-state index in [1.807, 2.05) is 0 Å². The summed E-state index contributed by atoms with van der Waals surface area (Å²) in [6.45, 7) is 0.245. The molecule has 7 heteroatoms. The molecule has 156 valence electrons. The van der Waals surface area contributed by atoms with E-state index < -0.39 is 5.97 Å². The summed E-state index contributed by atoms with van der Waals surface area (Å²) in [4.78, 5) is 10.9. The maximum atomic E-state index is 10.9. The van der Waals surface area contributed by atoms with Crippen molar-refractivity contribution in [3.05, 3.63) is 93.0 Å². The number of halogens is 2. The predicted molar refractivity (Wildman–Crippen MR) is 121 cm³/mol. The summed E-state index contributed by atoms with van der Waals surface area (Å²) in [5.41, 5.74) is 2.73. The molecule has 0 heterocycles. The van der Waals surface area contributed by atoms with Crippen molar-refractivity contribution in [1.82, 2.24) is 0 Å². The second-order valence-corrected chi connectivity index (χ2v) is 7.34. The summed E-state index contributed by atoms with van der Waals surface area (Å²) in [6.07, 6.45) is 1.70. The molecule has 0 bridgehead atoms. The van der Waals surface area contributed by atoms with Crippen LogP contribution in [0.1, 0.15) is 27.0 Å². The molecule has 0 unspecified atom stereocenters. The molecule has 0 spiro atoms. The number of carboxylic acids is 1. The highest BCUT2D eigenvalue weighted by atomic mass is 35.5. The van der Waals surface area contributed by atoms with Gasteiger partial charge in [0.1, 0.15) is 6.61 Å². The summed E-state index contributed by atoms with van der Waals surface area (Å²) < 4.78 is 11.3. The summed E-state index contributed by atoms with van der Waals surface area (Å²) in [5, 5.41) is 19.4. The van der Waals surface area contributed by atoms with E-state index in [0.29, 0.717) is 32.7 Å². The van der Waals surface area contributed by atoms with Gasteiger partial charge in [0.15, 0.2) is 11.5 Å². The molecule has 0 radical (unpaired) electrons. The van der Waals surface area contributed by atoms with E-state index in [4.69, 9.17) is 37.8 Å². The molecular weight excluding hydrogens is 437 g/mol. The van der Waals surface area contributed by atoms with E-state index in [2.05, 4.69) is 6.07 Å². The zero-order valence-corrected chi connectivity index (χ0v) is 17.9. The summed E-state index contributed by atoms with van der Waals surface area (Å²) in [7, 11) is 1.53. The van der Waals surface area contributed by atoms with Crippen molar-refractivity contribution in [2.24, 2.45) is 0 Å². The molecule has 1 N–H and O–H groups in total. The molecule has 5 nitrogen and oxygen atoms in total. The topological polar surface area (TPSA) is 79.5 Å². The third-order valence-electron chi connectivity index (χ3n) is 4.44. The largest absolute Gasteiger partial charge is 0.493 e. The number of aromatic carboxylic acids is 1. The van der Waals surface area contributed by atoms with Gasteiger partial charge in [-0.3, -0.25) is 0 Å². The lowest BCUT2D eigenvalue weighted by Crippen LogP contribution is -2.00. The van der Waals surface area contributed by atoms with Crippen LogP contribution in [-0.4, -0.2) is 18.2 Å². The minimum atomic E-state index is -0.977. The molecule has 0 aliphatic rings. The van der Waals surface area contributed by atoms with E-state index >= 15 is 0 Å². The Morgan fingerprint density at radius 3 is 2.42 bits per heavy atom. The molecule has 0 aliphatic carbocycles. The van der Waals surface area contributed by atoms with Crippen LogP contribution in [-0.2, 0) is 6.61 Å². The smallest absolute Gasteiger partial charge is 0.335 e. The fourth-order valence-electron chi connectivity index (χ4n) is 2.84. The Labute approximate surface area is 189 Å². The van der Waals surface area contributed by atoms with E-state index in [0.717, 1.165) is 11.1 Å². The van der Waals surface area contributed by atoms with Crippen LogP contribution < -0.4 is 9.47 Å². The highest BCUT2D eigenvalue weighted by Crippen LogP contribution is 2.32. The Hall–Kier alpha value is -3.46. The summed E-state index contributed by atoms with van der Waals surface area (Å²) in [6, 6.07) is 18.9. The maximum Gasteiger partial charge on any atom is 0.335 e. The monoisotopic (exact) mass is 453 g/mol. The fourth-order valence-corrected chi connectivity index (χ4v) is 3.35. The molecule has 31 heavy (non-hydrogen) atoms. The summed E-state index contributed by atoms with van der Waals surface area (Å²) in [5.74, 6) is 0.0369. The minimum Gasteiger partial charge on any atom is -0.493 e. The van der Waals surface area contributed by atoms with Gasteiger partial charge in [-0.25, -0.2) is 4.79 Å². The van der Waals surface area contributed by atoms with E-state index in [1.54, 1.807) is 54.6 Å². The first-order valence-corrected chi connectivity index (χ1v) is 9.87. The Bertz CT molecular complexity index is 1180. The first-order valence-electron chi connectivity index (χ1n) is 9.11. The predicted octanol–water partition coefficient (Wildman–Crippen LogP) is 6.34. The number of allylic oxidation sites excluding steroid dienone is 1. The number of carbonyl (C=O) groups is 1. The van der Waals surface area contributed by atoms with Gasteiger partial charge in [-0.15, -0.1) is 0 Å². The molecule has 3 rings (SSSR count). The number of ether oxygens (including phenoxy) is 2. The van der Waals surface area contributed by atoms with Crippen molar-refractivity contribution in [2.75, 3.05) is 7.11 Å². The first kappa shape index (κ1) is 22.2. The van der Waals surface area contributed by atoms with Gasteiger partial charge >= 0.3 is 5.97 Å². The van der Waals surface area contributed by atoms with Crippen molar-refractivity contribution in [2.45, 2.75) is 6.61 Å². The third kappa shape index (κ3) is 5.58. The van der Waals surface area contributed by atoms with Crippen molar-refractivity contribution < 1.29 is 19.4 Å². The Morgan fingerprint density at radius 1 is 1.06 bits per heavy atom. The number of carboxylic acid groups (broad SMARTS) is 1. The van der Waals surface area contributed by atoms with Gasteiger partial charge in [0, 0.05) is 10.6 Å². The molecule has 0 atom stereocenters. The van der Waals surface area contributed by atoms with Gasteiger partial charge in [-0.05, 0) is 53.6 Å². The van der Waals surface area contributed by atoms with E-state index in [9.17, 15) is 10.1 Å². The highest BCUT2D eigenvalue weighted by molar-refractivity contribution is 6.36. The average molecular weight is 454 g/mol. The average Bonchev–Trinajstić information content (AvgIpc) is 2.77. The molecule has 0 amide bonds. The van der Waals surface area contributed by atoms with Gasteiger partial charge in [0.25, 0.3) is 0 Å². The number of methoxy groups -OCH3 is 1. The van der Waals surface area contributed by atoms with Crippen molar-refractivity contribution in [3.8, 4) is 17.6 Å². The molecule has 0 saturated carbocycles. The van der Waals surface area contributed by atoms with Crippen LogP contribution in [0.3, 0.4) is 0 Å². The van der Waals surface area contributed by atoms with E-state index in [1.165, 1.54) is 19.2 Å². The van der Waals surface area contributed by atoms with Gasteiger partial charge in [0.2, 0.25) is 0 Å². The molecule has 3 aromatic rings. The molecule has 0 aromatic heterocycles. The van der Waals surface area contributed by atoms with Crippen molar-refractivity contribution in [3.63, 3.8) is 0 Å². The van der Waals surface area contributed by atoms with Crippen LogP contribution >= 0.6 is 23.2 Å². The maximum absolute atomic E-state index is 10.9. The van der Waals surface area contributed by atoms with Gasteiger partial charge < -0.3 is 14.6 Å². The lowest BCUT2D eigenvalue weighted by atomic mass is 10.0. The number of benzene rings is 3. The standard InChI is InChI=1S/C24H17Cl2NO4/c1-30-23-11-16(10-18(13-27)20-8-7-19(25)12-21(20)26)4-9-22(23)31-14-15-2-5-17(6-3-15)24(28)29/h2-12H,14H2,1H3,(H,28,29)/b18-10+. The van der Waals surface area contributed by atoms with Crippen LogP contribution in [0.4, 0.5) is 0 Å².